The van der Waals surface area contributed by atoms with Gasteiger partial charge in [-0.25, -0.2) is 0 Å². The number of carbonyl (C=O) groups excluding carboxylic acids is 2. The first kappa shape index (κ1) is 19.8. The van der Waals surface area contributed by atoms with E-state index in [1.54, 1.807) is 23.1 Å². The lowest BCUT2D eigenvalue weighted by molar-refractivity contribution is -0.117. The second kappa shape index (κ2) is 8.87. The quantitative estimate of drug-likeness (QED) is 0.761. The fourth-order valence-electron chi connectivity index (χ4n) is 4.05. The molecule has 2 heterocycles. The van der Waals surface area contributed by atoms with E-state index in [4.69, 9.17) is 11.6 Å². The summed E-state index contributed by atoms with van der Waals surface area (Å²) >= 11 is 6.28. The zero-order valence-corrected chi connectivity index (χ0v) is 17.3. The minimum Gasteiger partial charge on any atom is -0.372 e. The number of hydrogen-bond acceptors (Lipinski definition) is 3. The maximum absolute atomic E-state index is 12.7. The first-order chi connectivity index (χ1) is 14.1. The number of anilines is 3. The number of rotatable bonds is 4. The molecule has 5 nitrogen and oxygen atoms in total. The number of nitrogens with one attached hydrogen (secondary N) is 1. The minimum atomic E-state index is -0.211. The minimum absolute atomic E-state index is 0.0496. The van der Waals surface area contributed by atoms with E-state index in [2.05, 4.69) is 22.3 Å². The van der Waals surface area contributed by atoms with E-state index < -0.39 is 0 Å². The Balaban J connectivity index is 1.46. The van der Waals surface area contributed by atoms with Gasteiger partial charge >= 0.3 is 0 Å². The van der Waals surface area contributed by atoms with E-state index in [0.29, 0.717) is 29.2 Å². The van der Waals surface area contributed by atoms with Crippen molar-refractivity contribution in [3.63, 3.8) is 0 Å². The van der Waals surface area contributed by atoms with Gasteiger partial charge in [0.05, 0.1) is 10.7 Å². The Morgan fingerprint density at radius 2 is 1.62 bits per heavy atom. The van der Waals surface area contributed by atoms with Crippen LogP contribution in [0.5, 0.6) is 0 Å². The number of benzene rings is 2. The van der Waals surface area contributed by atoms with Crippen molar-refractivity contribution in [3.05, 3.63) is 53.1 Å². The van der Waals surface area contributed by atoms with E-state index in [9.17, 15) is 9.59 Å². The van der Waals surface area contributed by atoms with Crippen molar-refractivity contribution >= 4 is 40.5 Å². The van der Waals surface area contributed by atoms with Gasteiger partial charge in [0.1, 0.15) is 0 Å². The average molecular weight is 412 g/mol. The zero-order valence-electron chi connectivity index (χ0n) is 16.5. The second-order valence-corrected chi connectivity index (χ2v) is 8.12. The largest absolute Gasteiger partial charge is 0.372 e. The molecule has 0 radical (unpaired) electrons. The van der Waals surface area contributed by atoms with Crippen molar-refractivity contribution in [2.24, 2.45) is 0 Å². The van der Waals surface area contributed by atoms with Gasteiger partial charge in [0.2, 0.25) is 5.91 Å². The molecule has 2 aromatic carbocycles. The monoisotopic (exact) mass is 411 g/mol. The Bertz CT molecular complexity index is 889. The Morgan fingerprint density at radius 1 is 0.897 bits per heavy atom. The lowest BCUT2D eigenvalue weighted by Gasteiger charge is -2.22. The second-order valence-electron chi connectivity index (χ2n) is 7.72. The van der Waals surface area contributed by atoms with E-state index in [0.717, 1.165) is 25.2 Å². The van der Waals surface area contributed by atoms with Crippen LogP contribution in [-0.2, 0) is 4.79 Å². The molecular formula is C23H26ClN3O2. The smallest absolute Gasteiger partial charge is 0.255 e. The van der Waals surface area contributed by atoms with Crippen LogP contribution in [0.15, 0.2) is 42.5 Å². The van der Waals surface area contributed by atoms with Gasteiger partial charge in [-0.15, -0.1) is 0 Å². The molecule has 2 aliphatic heterocycles. The van der Waals surface area contributed by atoms with Gasteiger partial charge in [-0.1, -0.05) is 24.4 Å². The van der Waals surface area contributed by atoms with Crippen LogP contribution >= 0.6 is 11.6 Å². The number of amides is 2. The third-order valence-electron chi connectivity index (χ3n) is 5.67. The molecule has 0 bridgehead atoms. The number of nitrogens with zero attached hydrogens (tertiary/aromatic N) is 2. The molecule has 2 saturated heterocycles. The van der Waals surface area contributed by atoms with Crippen LogP contribution in [0.2, 0.25) is 5.02 Å². The Kier molecular flexibility index (Phi) is 6.05. The third kappa shape index (κ3) is 4.56. The SMILES string of the molecule is O=C(Nc1ccc(N2CCCCCC2)cc1)c1ccc(Cl)c(N2CCCC2=O)c1. The summed E-state index contributed by atoms with van der Waals surface area (Å²) < 4.78 is 0. The summed E-state index contributed by atoms with van der Waals surface area (Å²) in [6, 6.07) is 13.1. The molecule has 0 aliphatic carbocycles. The third-order valence-corrected chi connectivity index (χ3v) is 5.99. The molecule has 2 aliphatic rings. The summed E-state index contributed by atoms with van der Waals surface area (Å²) in [5.41, 5.74) is 3.05. The fourth-order valence-corrected chi connectivity index (χ4v) is 4.27. The molecule has 6 heteroatoms. The fraction of sp³-hybridized carbons (Fsp3) is 0.391. The number of halogens is 1. The van der Waals surface area contributed by atoms with E-state index in [-0.39, 0.29) is 11.8 Å². The molecule has 2 amide bonds. The summed E-state index contributed by atoms with van der Waals surface area (Å²) in [6.45, 7) is 2.82. The summed E-state index contributed by atoms with van der Waals surface area (Å²) in [7, 11) is 0. The van der Waals surface area contributed by atoms with Crippen molar-refractivity contribution in [2.45, 2.75) is 38.5 Å². The lowest BCUT2D eigenvalue weighted by atomic mass is 10.1. The van der Waals surface area contributed by atoms with Crippen LogP contribution in [0, 0.1) is 0 Å². The Morgan fingerprint density at radius 3 is 2.28 bits per heavy atom. The topological polar surface area (TPSA) is 52.7 Å². The molecule has 0 atom stereocenters. The molecule has 0 aromatic heterocycles. The maximum Gasteiger partial charge on any atom is 0.255 e. The van der Waals surface area contributed by atoms with Crippen LogP contribution < -0.4 is 15.1 Å². The molecule has 29 heavy (non-hydrogen) atoms. The van der Waals surface area contributed by atoms with Gasteiger partial charge in [-0.3, -0.25) is 9.59 Å². The van der Waals surface area contributed by atoms with E-state index >= 15 is 0 Å². The molecular weight excluding hydrogens is 386 g/mol. The molecule has 0 unspecified atom stereocenters. The molecule has 0 spiro atoms. The van der Waals surface area contributed by atoms with Gasteiger partial charge in [-0.2, -0.15) is 0 Å². The summed E-state index contributed by atoms with van der Waals surface area (Å²) in [4.78, 5) is 28.9. The van der Waals surface area contributed by atoms with Gasteiger partial charge in [0, 0.05) is 43.0 Å². The predicted octanol–water partition coefficient (Wildman–Crippen LogP) is 5.10. The molecule has 152 valence electrons. The van der Waals surface area contributed by atoms with E-state index in [1.165, 1.54) is 31.4 Å². The van der Waals surface area contributed by atoms with Gasteiger partial charge in [0.15, 0.2) is 0 Å². The summed E-state index contributed by atoms with van der Waals surface area (Å²) in [5, 5.41) is 3.43. The zero-order chi connectivity index (χ0) is 20.2. The number of hydrogen-bond donors (Lipinski definition) is 1. The normalized spacial score (nSPS) is 17.3. The standard InChI is InChI=1S/C23H26ClN3O2/c24-20-12-7-17(16-21(20)27-15-5-6-22(27)28)23(29)25-18-8-10-19(11-9-18)26-13-3-1-2-4-14-26/h7-12,16H,1-6,13-15H2,(H,25,29). The van der Waals surface area contributed by atoms with Crippen molar-refractivity contribution in [3.8, 4) is 0 Å². The highest BCUT2D eigenvalue weighted by Gasteiger charge is 2.24. The van der Waals surface area contributed by atoms with Crippen molar-refractivity contribution in [1.82, 2.24) is 0 Å². The van der Waals surface area contributed by atoms with Crippen LogP contribution in [0.1, 0.15) is 48.9 Å². The Hall–Kier alpha value is -2.53. The maximum atomic E-state index is 12.7. The highest BCUT2D eigenvalue weighted by atomic mass is 35.5. The summed E-state index contributed by atoms with van der Waals surface area (Å²) in [6.07, 6.45) is 6.41. The molecule has 0 saturated carbocycles. The molecule has 2 aromatic rings. The van der Waals surface area contributed by atoms with E-state index in [1.807, 2.05) is 12.1 Å². The van der Waals surface area contributed by atoms with Crippen LogP contribution in [0.4, 0.5) is 17.1 Å². The Labute approximate surface area is 176 Å². The average Bonchev–Trinajstić information content (AvgIpc) is 2.98. The van der Waals surface area contributed by atoms with Crippen molar-refractivity contribution in [2.75, 3.05) is 34.8 Å². The first-order valence-corrected chi connectivity index (χ1v) is 10.8. The lowest BCUT2D eigenvalue weighted by Crippen LogP contribution is -2.24. The first-order valence-electron chi connectivity index (χ1n) is 10.4. The molecule has 2 fully saturated rings. The van der Waals surface area contributed by atoms with Crippen molar-refractivity contribution in [1.29, 1.82) is 0 Å². The predicted molar refractivity (Wildman–Crippen MR) is 118 cm³/mol. The summed E-state index contributed by atoms with van der Waals surface area (Å²) in [5.74, 6) is -0.161. The van der Waals surface area contributed by atoms with Gasteiger partial charge in [-0.05, 0) is 61.7 Å². The van der Waals surface area contributed by atoms with Crippen LogP contribution in [-0.4, -0.2) is 31.4 Å². The van der Waals surface area contributed by atoms with Crippen LogP contribution in [0.3, 0.4) is 0 Å². The van der Waals surface area contributed by atoms with Gasteiger partial charge in [0.25, 0.3) is 5.91 Å². The highest BCUT2D eigenvalue weighted by molar-refractivity contribution is 6.34. The van der Waals surface area contributed by atoms with Crippen LogP contribution in [0.25, 0.3) is 0 Å². The van der Waals surface area contributed by atoms with Gasteiger partial charge < -0.3 is 15.1 Å². The highest BCUT2D eigenvalue weighted by Crippen LogP contribution is 2.31. The molecule has 1 N–H and O–H groups in total. The van der Waals surface area contributed by atoms with Crippen molar-refractivity contribution < 1.29 is 9.59 Å². The molecule has 4 rings (SSSR count). The number of carbonyl (C=O) groups is 2.